The highest BCUT2D eigenvalue weighted by Crippen LogP contribution is 2.18. The first-order valence-electron chi connectivity index (χ1n) is 5.08. The summed E-state index contributed by atoms with van der Waals surface area (Å²) in [7, 11) is 0. The minimum atomic E-state index is -0.764. The van der Waals surface area contributed by atoms with Crippen molar-refractivity contribution in [2.75, 3.05) is 0 Å². The predicted molar refractivity (Wildman–Crippen MR) is 54.4 cm³/mol. The Morgan fingerprint density at radius 2 is 2.00 bits per heavy atom. The second-order valence-corrected chi connectivity index (χ2v) is 3.31. The molecule has 0 atom stereocenters. The van der Waals surface area contributed by atoms with Gasteiger partial charge < -0.3 is 9.15 Å². The molecule has 1 aromatic heterocycles. The molecule has 0 radical (unpaired) electrons. The van der Waals surface area contributed by atoms with Crippen molar-refractivity contribution in [1.82, 2.24) is 10.2 Å². The van der Waals surface area contributed by atoms with E-state index in [4.69, 9.17) is 9.15 Å². The largest absolute Gasteiger partial charge is 0.481 e. The van der Waals surface area contributed by atoms with Crippen LogP contribution in [0.3, 0.4) is 0 Å². The lowest BCUT2D eigenvalue weighted by Crippen LogP contribution is -1.98. The normalized spacial score (nSPS) is 10.5. The van der Waals surface area contributed by atoms with Gasteiger partial charge in [-0.3, -0.25) is 0 Å². The van der Waals surface area contributed by atoms with Gasteiger partial charge in [-0.2, -0.15) is 0 Å². The molecule has 0 saturated heterocycles. The fraction of sp³-hybridized carbons (Fsp3) is 0.273. The van der Waals surface area contributed by atoms with E-state index in [-0.39, 0.29) is 18.2 Å². The molecule has 0 fully saturated rings. The molecule has 2 aromatic rings. The first-order valence-corrected chi connectivity index (χ1v) is 5.08. The summed E-state index contributed by atoms with van der Waals surface area (Å²) in [6.07, 6.45) is 0.623. The molecule has 0 aliphatic carbocycles. The molecule has 0 aliphatic rings. The quantitative estimate of drug-likeness (QED) is 0.823. The Bertz CT molecular complexity index is 514. The van der Waals surface area contributed by atoms with Crippen molar-refractivity contribution < 1.29 is 17.9 Å². The van der Waals surface area contributed by atoms with Crippen molar-refractivity contribution in [2.45, 2.75) is 20.0 Å². The van der Waals surface area contributed by atoms with E-state index in [0.717, 1.165) is 12.1 Å². The third-order valence-corrected chi connectivity index (χ3v) is 2.06. The average molecular weight is 240 g/mol. The second-order valence-electron chi connectivity index (χ2n) is 3.31. The summed E-state index contributed by atoms with van der Waals surface area (Å²) in [6, 6.07) is 3.08. The molecule has 0 amide bonds. The molecule has 0 N–H and O–H groups in total. The van der Waals surface area contributed by atoms with Crippen molar-refractivity contribution in [3.63, 3.8) is 0 Å². The van der Waals surface area contributed by atoms with Gasteiger partial charge in [0.2, 0.25) is 5.89 Å². The first kappa shape index (κ1) is 11.5. The van der Waals surface area contributed by atoms with Crippen LogP contribution in [0.2, 0.25) is 0 Å². The Morgan fingerprint density at radius 3 is 2.65 bits per heavy atom. The third-order valence-electron chi connectivity index (χ3n) is 2.06. The summed E-state index contributed by atoms with van der Waals surface area (Å²) in [5, 5.41) is 7.44. The Morgan fingerprint density at radius 1 is 1.24 bits per heavy atom. The van der Waals surface area contributed by atoms with E-state index < -0.39 is 11.6 Å². The Kier molecular flexibility index (Phi) is 3.32. The van der Waals surface area contributed by atoms with Crippen LogP contribution >= 0.6 is 0 Å². The van der Waals surface area contributed by atoms with E-state index in [1.165, 1.54) is 6.07 Å². The van der Waals surface area contributed by atoms with E-state index >= 15 is 0 Å². The number of rotatable bonds is 4. The third kappa shape index (κ3) is 2.77. The molecular weight excluding hydrogens is 230 g/mol. The maximum Gasteiger partial charge on any atom is 0.253 e. The molecule has 6 heteroatoms. The van der Waals surface area contributed by atoms with Gasteiger partial charge in [-0.05, 0) is 12.1 Å². The van der Waals surface area contributed by atoms with Crippen LogP contribution in [0.5, 0.6) is 5.75 Å². The van der Waals surface area contributed by atoms with Crippen LogP contribution in [0.25, 0.3) is 0 Å². The predicted octanol–water partition coefficient (Wildman–Crippen LogP) is 2.49. The van der Waals surface area contributed by atoms with Crippen molar-refractivity contribution in [2.24, 2.45) is 0 Å². The molecule has 0 bridgehead atoms. The van der Waals surface area contributed by atoms with Crippen LogP contribution in [0.15, 0.2) is 22.6 Å². The fourth-order valence-corrected chi connectivity index (χ4v) is 1.22. The number of aryl methyl sites for hydroxylation is 1. The molecule has 0 unspecified atom stereocenters. The number of nitrogens with zero attached hydrogens (tertiary/aromatic N) is 2. The summed E-state index contributed by atoms with van der Waals surface area (Å²) in [5.41, 5.74) is 0. The van der Waals surface area contributed by atoms with Gasteiger partial charge in [0.25, 0.3) is 5.89 Å². The van der Waals surface area contributed by atoms with Crippen molar-refractivity contribution in [1.29, 1.82) is 0 Å². The van der Waals surface area contributed by atoms with E-state index in [0.29, 0.717) is 12.3 Å². The SMILES string of the molecule is CCc1nnc(COc2ccc(F)cc2F)o1. The highest BCUT2D eigenvalue weighted by molar-refractivity contribution is 5.24. The monoisotopic (exact) mass is 240 g/mol. The number of hydrogen-bond donors (Lipinski definition) is 0. The van der Waals surface area contributed by atoms with Crippen LogP contribution in [0.4, 0.5) is 8.78 Å². The van der Waals surface area contributed by atoms with Crippen molar-refractivity contribution in [3.05, 3.63) is 41.6 Å². The number of ether oxygens (including phenoxy) is 1. The van der Waals surface area contributed by atoms with Crippen LogP contribution in [0, 0.1) is 11.6 Å². The summed E-state index contributed by atoms with van der Waals surface area (Å²) >= 11 is 0. The maximum absolute atomic E-state index is 13.2. The molecule has 0 spiro atoms. The molecule has 1 heterocycles. The summed E-state index contributed by atoms with van der Waals surface area (Å²) < 4.78 is 36.1. The van der Waals surface area contributed by atoms with Gasteiger partial charge in [-0.1, -0.05) is 6.92 Å². The molecule has 90 valence electrons. The second kappa shape index (κ2) is 4.90. The molecule has 0 aliphatic heterocycles. The lowest BCUT2D eigenvalue weighted by atomic mass is 10.3. The fourth-order valence-electron chi connectivity index (χ4n) is 1.22. The number of halogens is 2. The van der Waals surface area contributed by atoms with Crippen LogP contribution in [-0.4, -0.2) is 10.2 Å². The Labute approximate surface area is 96.2 Å². The zero-order chi connectivity index (χ0) is 12.3. The summed E-state index contributed by atoms with van der Waals surface area (Å²) in [4.78, 5) is 0. The van der Waals surface area contributed by atoms with Gasteiger partial charge in [0.1, 0.15) is 5.82 Å². The van der Waals surface area contributed by atoms with Gasteiger partial charge in [-0.15, -0.1) is 10.2 Å². The van der Waals surface area contributed by atoms with Gasteiger partial charge in [0.15, 0.2) is 18.2 Å². The number of aromatic nitrogens is 2. The first-order chi connectivity index (χ1) is 8.19. The Balaban J connectivity index is 2.02. The lowest BCUT2D eigenvalue weighted by Gasteiger charge is -2.03. The maximum atomic E-state index is 13.2. The summed E-state index contributed by atoms with van der Waals surface area (Å²) in [6.45, 7) is 1.83. The number of hydrogen-bond acceptors (Lipinski definition) is 4. The molecule has 1 aromatic carbocycles. The van der Waals surface area contributed by atoms with E-state index in [1.54, 1.807) is 0 Å². The van der Waals surface area contributed by atoms with E-state index in [9.17, 15) is 8.78 Å². The molecule has 2 rings (SSSR count). The summed E-state index contributed by atoms with van der Waals surface area (Å²) in [5.74, 6) is -0.724. The lowest BCUT2D eigenvalue weighted by molar-refractivity contribution is 0.248. The number of benzene rings is 1. The highest BCUT2D eigenvalue weighted by Gasteiger charge is 2.08. The van der Waals surface area contributed by atoms with Crippen LogP contribution < -0.4 is 4.74 Å². The van der Waals surface area contributed by atoms with E-state index in [1.807, 2.05) is 6.92 Å². The minimum Gasteiger partial charge on any atom is -0.481 e. The Hall–Kier alpha value is -1.98. The smallest absolute Gasteiger partial charge is 0.253 e. The molecule has 0 saturated carbocycles. The topological polar surface area (TPSA) is 48.2 Å². The highest BCUT2D eigenvalue weighted by atomic mass is 19.1. The van der Waals surface area contributed by atoms with Crippen molar-refractivity contribution in [3.8, 4) is 5.75 Å². The minimum absolute atomic E-state index is 0.0461. The van der Waals surface area contributed by atoms with Crippen LogP contribution in [-0.2, 0) is 13.0 Å². The zero-order valence-corrected chi connectivity index (χ0v) is 9.11. The van der Waals surface area contributed by atoms with Gasteiger partial charge in [0, 0.05) is 12.5 Å². The zero-order valence-electron chi connectivity index (χ0n) is 9.11. The van der Waals surface area contributed by atoms with Crippen molar-refractivity contribution >= 4 is 0 Å². The van der Waals surface area contributed by atoms with Gasteiger partial charge >= 0.3 is 0 Å². The van der Waals surface area contributed by atoms with Crippen LogP contribution in [0.1, 0.15) is 18.7 Å². The van der Waals surface area contributed by atoms with Gasteiger partial charge in [0.05, 0.1) is 0 Å². The molecule has 17 heavy (non-hydrogen) atoms. The van der Waals surface area contributed by atoms with E-state index in [2.05, 4.69) is 10.2 Å². The molecular formula is C11H10F2N2O2. The average Bonchev–Trinajstić information content (AvgIpc) is 2.76. The van der Waals surface area contributed by atoms with Gasteiger partial charge in [-0.25, -0.2) is 8.78 Å². The molecule has 4 nitrogen and oxygen atoms in total. The standard InChI is InChI=1S/C11H10F2N2O2/c1-2-10-14-15-11(17-10)6-16-9-4-3-7(12)5-8(9)13/h3-5H,2,6H2,1H3.